The van der Waals surface area contributed by atoms with Gasteiger partial charge in [0.25, 0.3) is 0 Å². The molecule has 1 heterocycles. The van der Waals surface area contributed by atoms with Crippen molar-refractivity contribution in [3.8, 4) is 11.5 Å². The van der Waals surface area contributed by atoms with Crippen molar-refractivity contribution in [2.24, 2.45) is 0 Å². The number of carboxylic acid groups (broad SMARTS) is 1. The zero-order chi connectivity index (χ0) is 64.4. The smallest absolute Gasteiger partial charge is 0.407 e. The minimum atomic E-state index is -1.29. The maximum absolute atomic E-state index is 14.8. The van der Waals surface area contributed by atoms with E-state index in [0.29, 0.717) is 57.1 Å². The van der Waals surface area contributed by atoms with E-state index in [1.807, 2.05) is 78.9 Å². The van der Waals surface area contributed by atoms with Gasteiger partial charge in [-0.1, -0.05) is 267 Å². The number of nitrogens with zero attached hydrogens (tertiary/aromatic N) is 1. The Labute approximate surface area is 544 Å². The largest absolute Gasteiger partial charge is 0.497 e. The SMILES string of the molecule is CCCCCCCCCCCCCCCCCCOCC(COC(=O)NCCCCCC(=O)N1CC(OC(=O)CCC(=O)O)CC1C(OCc1ccccc1)(c1ccc(OC)cc1)c1ccc(OC)cc1)OCCCCCCCCCCCCCCCCCC. The van der Waals surface area contributed by atoms with Crippen LogP contribution in [0, 0.1) is 0 Å². The Balaban J connectivity index is 1.27. The number of likely N-dealkylation sites (tertiary alicyclic amines) is 1. The standard InChI is InChI=1S/C76H122N2O12/c1-5-7-9-11-13-15-17-19-21-23-25-27-29-31-33-41-57-86-62-70(87-58-42-34-32-30-28-26-24-22-20-18-16-14-12-10-8-6-2)63-88-75(83)77-56-40-36-39-45-72(79)78-60-69(90-74(82)55-54-73(80)81)59-71(78)76(65-46-50-67(84-3)51-47-65,66-48-52-68(85-4)53-49-66)89-61-64-43-37-35-38-44-64/h35,37-38,43-44,46-53,69-71H,5-34,36,39-42,45,54-63H2,1-4H3,(H,77,83)(H,80,81). The third-order valence-electron chi connectivity index (χ3n) is 17.8. The van der Waals surface area contributed by atoms with Crippen LogP contribution in [0.3, 0.4) is 0 Å². The highest BCUT2D eigenvalue weighted by atomic mass is 16.6. The van der Waals surface area contributed by atoms with Crippen molar-refractivity contribution in [1.82, 2.24) is 10.2 Å². The summed E-state index contributed by atoms with van der Waals surface area (Å²) >= 11 is 0. The summed E-state index contributed by atoms with van der Waals surface area (Å²) in [7, 11) is 3.21. The van der Waals surface area contributed by atoms with Gasteiger partial charge in [0.2, 0.25) is 5.91 Å². The molecule has 3 aromatic rings. The quantitative estimate of drug-likeness (QED) is 0.0406. The molecule has 3 unspecified atom stereocenters. The number of esters is 1. The van der Waals surface area contributed by atoms with Crippen molar-refractivity contribution in [1.29, 1.82) is 0 Å². The molecular formula is C76H122N2O12. The highest BCUT2D eigenvalue weighted by molar-refractivity contribution is 5.78. The number of ether oxygens (including phenoxy) is 7. The monoisotopic (exact) mass is 1250 g/mol. The number of unbranched alkanes of at least 4 members (excludes halogenated alkanes) is 32. The molecule has 0 aliphatic carbocycles. The fourth-order valence-corrected chi connectivity index (χ4v) is 12.4. The lowest BCUT2D eigenvalue weighted by Gasteiger charge is -2.44. The van der Waals surface area contributed by atoms with Gasteiger partial charge < -0.3 is 48.5 Å². The van der Waals surface area contributed by atoms with Crippen LogP contribution in [0.4, 0.5) is 4.79 Å². The number of hydrogen-bond donors (Lipinski definition) is 2. The molecule has 1 fully saturated rings. The van der Waals surface area contributed by atoms with Gasteiger partial charge in [0.15, 0.2) is 0 Å². The second kappa shape index (κ2) is 50.4. The van der Waals surface area contributed by atoms with Gasteiger partial charge >= 0.3 is 18.0 Å². The third-order valence-corrected chi connectivity index (χ3v) is 17.8. The van der Waals surface area contributed by atoms with Crippen LogP contribution < -0.4 is 14.8 Å². The molecule has 3 atom stereocenters. The molecule has 0 saturated carbocycles. The first-order valence-corrected chi connectivity index (χ1v) is 35.9. The maximum atomic E-state index is 14.8. The average molecular weight is 1260 g/mol. The predicted molar refractivity (Wildman–Crippen MR) is 362 cm³/mol. The zero-order valence-corrected chi connectivity index (χ0v) is 56.6. The van der Waals surface area contributed by atoms with Gasteiger partial charge in [-0.3, -0.25) is 14.4 Å². The summed E-state index contributed by atoms with van der Waals surface area (Å²) in [5, 5.41) is 12.2. The molecule has 3 aromatic carbocycles. The Hall–Kier alpha value is -5.18. The number of hydrogen-bond acceptors (Lipinski definition) is 11. The number of methoxy groups -OCH3 is 2. The zero-order valence-electron chi connectivity index (χ0n) is 56.6. The Morgan fingerprint density at radius 3 is 1.46 bits per heavy atom. The molecule has 0 bridgehead atoms. The van der Waals surface area contributed by atoms with Crippen molar-refractivity contribution in [3.05, 3.63) is 95.6 Å². The lowest BCUT2D eigenvalue weighted by atomic mass is 9.78. The van der Waals surface area contributed by atoms with E-state index in [-0.39, 0.29) is 57.5 Å². The highest BCUT2D eigenvalue weighted by Gasteiger charge is 2.53. The van der Waals surface area contributed by atoms with E-state index in [0.717, 1.165) is 42.4 Å². The summed E-state index contributed by atoms with van der Waals surface area (Å²) in [6, 6.07) is 24.3. The number of aliphatic carboxylic acids is 1. The first-order chi connectivity index (χ1) is 44.1. The second-order valence-electron chi connectivity index (χ2n) is 25.3. The predicted octanol–water partition coefficient (Wildman–Crippen LogP) is 18.8. The van der Waals surface area contributed by atoms with Crippen LogP contribution in [0.1, 0.15) is 281 Å². The molecule has 1 aliphatic heterocycles. The fourth-order valence-electron chi connectivity index (χ4n) is 12.4. The normalized spacial score (nSPS) is 14.4. The van der Waals surface area contributed by atoms with E-state index >= 15 is 0 Å². The molecule has 508 valence electrons. The summed E-state index contributed by atoms with van der Waals surface area (Å²) in [5.41, 5.74) is 1.15. The summed E-state index contributed by atoms with van der Waals surface area (Å²) in [4.78, 5) is 54.2. The van der Waals surface area contributed by atoms with Gasteiger partial charge in [-0.15, -0.1) is 0 Å². The fraction of sp³-hybridized carbons (Fsp3) is 0.711. The van der Waals surface area contributed by atoms with Gasteiger partial charge in [0, 0.05) is 32.6 Å². The number of carbonyl (C=O) groups is 4. The molecule has 1 saturated heterocycles. The molecule has 0 spiro atoms. The lowest BCUT2D eigenvalue weighted by molar-refractivity contribution is -0.152. The summed E-state index contributed by atoms with van der Waals surface area (Å²) in [5.74, 6) is -0.596. The van der Waals surface area contributed by atoms with E-state index in [1.54, 1.807) is 19.1 Å². The molecule has 14 nitrogen and oxygen atoms in total. The van der Waals surface area contributed by atoms with Crippen LogP contribution in [0.2, 0.25) is 0 Å². The van der Waals surface area contributed by atoms with Gasteiger partial charge in [-0.25, -0.2) is 4.79 Å². The van der Waals surface area contributed by atoms with E-state index in [1.165, 1.54) is 180 Å². The van der Waals surface area contributed by atoms with E-state index in [4.69, 9.17) is 33.2 Å². The molecule has 0 radical (unpaired) electrons. The highest BCUT2D eigenvalue weighted by Crippen LogP contribution is 2.46. The number of nitrogens with one attached hydrogen (secondary N) is 1. The van der Waals surface area contributed by atoms with Crippen molar-refractivity contribution in [2.45, 2.75) is 295 Å². The Bertz CT molecular complexity index is 2220. The van der Waals surface area contributed by atoms with Gasteiger partial charge in [0.05, 0.1) is 52.9 Å². The number of rotatable bonds is 57. The lowest BCUT2D eigenvalue weighted by Crippen LogP contribution is -2.52. The minimum absolute atomic E-state index is 0.0905. The van der Waals surface area contributed by atoms with Crippen LogP contribution in [-0.4, -0.2) is 106 Å². The van der Waals surface area contributed by atoms with Gasteiger partial charge in [0.1, 0.15) is 35.9 Å². The summed E-state index contributed by atoms with van der Waals surface area (Å²) in [6.45, 7) is 6.98. The molecule has 0 aromatic heterocycles. The average Bonchev–Trinajstić information content (AvgIpc) is 1.66. The molecule has 2 amide bonds. The van der Waals surface area contributed by atoms with Crippen molar-refractivity contribution < 1.29 is 57.4 Å². The van der Waals surface area contributed by atoms with Crippen LogP contribution in [0.15, 0.2) is 78.9 Å². The molecular weight excluding hydrogens is 1130 g/mol. The first-order valence-electron chi connectivity index (χ1n) is 35.9. The molecule has 1 aliphatic rings. The number of carbonyl (C=O) groups excluding carboxylic acids is 3. The Kier molecular flexibility index (Phi) is 43.3. The molecule has 14 heteroatoms. The van der Waals surface area contributed by atoms with Crippen LogP contribution >= 0.6 is 0 Å². The van der Waals surface area contributed by atoms with Gasteiger partial charge in [-0.05, 0) is 66.6 Å². The van der Waals surface area contributed by atoms with Gasteiger partial charge in [-0.2, -0.15) is 0 Å². The van der Waals surface area contributed by atoms with Crippen LogP contribution in [-0.2, 0) is 50.3 Å². The van der Waals surface area contributed by atoms with E-state index in [2.05, 4.69) is 19.2 Å². The minimum Gasteiger partial charge on any atom is -0.497 e. The van der Waals surface area contributed by atoms with E-state index in [9.17, 15) is 24.3 Å². The molecule has 2 N–H and O–H groups in total. The summed E-state index contributed by atoms with van der Waals surface area (Å²) in [6.07, 6.45) is 42.2. The van der Waals surface area contributed by atoms with Crippen LogP contribution in [0.25, 0.3) is 0 Å². The number of carboxylic acids is 1. The molecule has 4 rings (SSSR count). The third kappa shape index (κ3) is 33.4. The Morgan fingerprint density at radius 2 is 0.989 bits per heavy atom. The van der Waals surface area contributed by atoms with Crippen LogP contribution in [0.5, 0.6) is 11.5 Å². The second-order valence-corrected chi connectivity index (χ2v) is 25.3. The van der Waals surface area contributed by atoms with E-state index < -0.39 is 35.8 Å². The Morgan fingerprint density at radius 1 is 0.533 bits per heavy atom. The van der Waals surface area contributed by atoms with Crippen molar-refractivity contribution >= 4 is 23.9 Å². The number of alkyl carbamates (subject to hydrolysis) is 1. The number of benzene rings is 3. The van der Waals surface area contributed by atoms with Crippen molar-refractivity contribution in [3.63, 3.8) is 0 Å². The first kappa shape index (κ1) is 77.3. The topological polar surface area (TPSA) is 168 Å². The number of amides is 2. The summed E-state index contributed by atoms with van der Waals surface area (Å²) < 4.78 is 42.5. The molecule has 90 heavy (non-hydrogen) atoms. The van der Waals surface area contributed by atoms with Crippen molar-refractivity contribution in [2.75, 3.05) is 53.7 Å². The maximum Gasteiger partial charge on any atom is 0.407 e.